The molecule has 0 saturated heterocycles. The van der Waals surface area contributed by atoms with E-state index >= 15 is 0 Å². The van der Waals surface area contributed by atoms with Gasteiger partial charge < -0.3 is 10.8 Å². The largest absolute Gasteiger partial charge is 0.395 e. The van der Waals surface area contributed by atoms with Crippen LogP contribution in [0, 0.1) is 5.82 Å². The van der Waals surface area contributed by atoms with Crippen LogP contribution in [0.4, 0.5) is 4.39 Å². The van der Waals surface area contributed by atoms with Crippen LogP contribution in [0.1, 0.15) is 38.3 Å². The molecule has 3 N–H and O–H groups in total. The Morgan fingerprint density at radius 1 is 1.32 bits per heavy atom. The molecule has 0 aliphatic rings. The van der Waals surface area contributed by atoms with Gasteiger partial charge in [-0.2, -0.15) is 0 Å². The Bertz CT molecular complexity index is 371. The van der Waals surface area contributed by atoms with Crippen LogP contribution in [0.5, 0.6) is 0 Å². The first-order valence-electron chi connectivity index (χ1n) is 6.96. The van der Waals surface area contributed by atoms with Gasteiger partial charge in [-0.15, -0.1) is 0 Å². The molecular weight excluding hydrogens is 243 g/mol. The summed E-state index contributed by atoms with van der Waals surface area (Å²) in [6, 6.07) is 6.35. The van der Waals surface area contributed by atoms with Gasteiger partial charge in [-0.05, 0) is 26.0 Å². The Kier molecular flexibility index (Phi) is 6.99. The highest BCUT2D eigenvalue weighted by Gasteiger charge is 2.25. The van der Waals surface area contributed by atoms with Crippen LogP contribution in [-0.2, 0) is 0 Å². The number of rotatable bonds is 8. The quantitative estimate of drug-likeness (QED) is 0.760. The summed E-state index contributed by atoms with van der Waals surface area (Å²) in [5, 5.41) is 9.21. The molecule has 0 saturated carbocycles. The molecule has 108 valence electrons. The van der Waals surface area contributed by atoms with Gasteiger partial charge in [0.05, 0.1) is 12.6 Å². The van der Waals surface area contributed by atoms with Crippen molar-refractivity contribution < 1.29 is 9.50 Å². The van der Waals surface area contributed by atoms with E-state index in [0.29, 0.717) is 12.1 Å². The molecule has 0 aromatic heterocycles. The van der Waals surface area contributed by atoms with Crippen LogP contribution in [0.15, 0.2) is 24.3 Å². The van der Waals surface area contributed by atoms with E-state index in [9.17, 15) is 9.50 Å². The van der Waals surface area contributed by atoms with Crippen molar-refractivity contribution in [2.24, 2.45) is 5.73 Å². The van der Waals surface area contributed by atoms with Gasteiger partial charge in [0.25, 0.3) is 0 Å². The Balaban J connectivity index is 2.99. The van der Waals surface area contributed by atoms with Crippen molar-refractivity contribution in [1.29, 1.82) is 0 Å². The lowest BCUT2D eigenvalue weighted by Gasteiger charge is -2.34. The number of aliphatic hydroxyl groups is 1. The molecule has 0 spiro atoms. The summed E-state index contributed by atoms with van der Waals surface area (Å²) in [5.74, 6) is -0.232. The van der Waals surface area contributed by atoms with Crippen molar-refractivity contribution in [3.8, 4) is 0 Å². The molecule has 2 unspecified atom stereocenters. The van der Waals surface area contributed by atoms with Gasteiger partial charge in [-0.1, -0.05) is 31.5 Å². The first kappa shape index (κ1) is 16.1. The van der Waals surface area contributed by atoms with Gasteiger partial charge in [-0.3, -0.25) is 4.90 Å². The summed E-state index contributed by atoms with van der Waals surface area (Å²) in [6.07, 6.45) is 2.07. The zero-order valence-corrected chi connectivity index (χ0v) is 11.8. The fraction of sp³-hybridized carbons (Fsp3) is 0.600. The summed E-state index contributed by atoms with van der Waals surface area (Å²) in [7, 11) is 0. The molecule has 19 heavy (non-hydrogen) atoms. The van der Waals surface area contributed by atoms with E-state index < -0.39 is 0 Å². The minimum Gasteiger partial charge on any atom is -0.395 e. The second-order valence-electron chi connectivity index (χ2n) is 4.94. The molecular formula is C15H25FN2O. The third-order valence-corrected chi connectivity index (χ3v) is 3.30. The molecule has 2 atom stereocenters. The number of halogens is 1. The van der Waals surface area contributed by atoms with E-state index in [4.69, 9.17) is 5.73 Å². The number of hydrogen-bond acceptors (Lipinski definition) is 3. The first-order valence-corrected chi connectivity index (χ1v) is 6.96. The summed E-state index contributed by atoms with van der Waals surface area (Å²) in [5.41, 5.74) is 6.66. The second kappa shape index (κ2) is 8.25. The van der Waals surface area contributed by atoms with E-state index in [1.165, 1.54) is 6.07 Å². The van der Waals surface area contributed by atoms with E-state index in [1.54, 1.807) is 12.1 Å². The normalized spacial score (nSPS) is 14.6. The summed E-state index contributed by atoms with van der Waals surface area (Å²) in [4.78, 5) is 2.08. The van der Waals surface area contributed by atoms with E-state index in [2.05, 4.69) is 11.8 Å². The third kappa shape index (κ3) is 4.56. The number of benzene rings is 1. The van der Waals surface area contributed by atoms with Crippen molar-refractivity contribution in [3.63, 3.8) is 0 Å². The topological polar surface area (TPSA) is 49.5 Å². The predicted molar refractivity (Wildman–Crippen MR) is 76.4 cm³/mol. The number of aliphatic hydroxyl groups excluding tert-OH is 1. The van der Waals surface area contributed by atoms with Gasteiger partial charge in [0.15, 0.2) is 0 Å². The molecule has 0 fully saturated rings. The highest BCUT2D eigenvalue weighted by Crippen LogP contribution is 2.26. The highest BCUT2D eigenvalue weighted by atomic mass is 19.1. The monoisotopic (exact) mass is 268 g/mol. The zero-order valence-electron chi connectivity index (χ0n) is 11.8. The lowest BCUT2D eigenvalue weighted by molar-refractivity contribution is 0.133. The SMILES string of the molecule is CCCCN(CCO)C(c1ccccc1F)C(C)N. The van der Waals surface area contributed by atoms with E-state index in [1.807, 2.05) is 13.0 Å². The predicted octanol–water partition coefficient (Wildman–Crippen LogP) is 2.31. The van der Waals surface area contributed by atoms with Crippen molar-refractivity contribution >= 4 is 0 Å². The van der Waals surface area contributed by atoms with Gasteiger partial charge in [-0.25, -0.2) is 4.39 Å². The van der Waals surface area contributed by atoms with Crippen molar-refractivity contribution in [2.45, 2.75) is 38.8 Å². The van der Waals surface area contributed by atoms with Gasteiger partial charge >= 0.3 is 0 Å². The fourth-order valence-corrected chi connectivity index (χ4v) is 2.41. The molecule has 0 radical (unpaired) electrons. The smallest absolute Gasteiger partial charge is 0.128 e. The van der Waals surface area contributed by atoms with Crippen LogP contribution in [0.3, 0.4) is 0 Å². The Morgan fingerprint density at radius 3 is 2.53 bits per heavy atom. The maximum absolute atomic E-state index is 14.0. The van der Waals surface area contributed by atoms with Gasteiger partial charge in [0.2, 0.25) is 0 Å². The Hall–Kier alpha value is -0.970. The number of unbranched alkanes of at least 4 members (excludes halogenated alkanes) is 1. The molecule has 3 nitrogen and oxygen atoms in total. The molecule has 0 heterocycles. The van der Waals surface area contributed by atoms with Gasteiger partial charge in [0.1, 0.15) is 5.82 Å². The van der Waals surface area contributed by atoms with Crippen LogP contribution in [0.25, 0.3) is 0 Å². The summed E-state index contributed by atoms with van der Waals surface area (Å²) in [6.45, 7) is 5.38. The molecule has 1 aromatic rings. The second-order valence-corrected chi connectivity index (χ2v) is 4.94. The summed E-state index contributed by atoms with van der Waals surface area (Å²) >= 11 is 0. The van der Waals surface area contributed by atoms with Crippen LogP contribution < -0.4 is 5.73 Å². The molecule has 1 rings (SSSR count). The maximum Gasteiger partial charge on any atom is 0.128 e. The Morgan fingerprint density at radius 2 is 2.00 bits per heavy atom. The number of nitrogens with two attached hydrogens (primary N) is 1. The lowest BCUT2D eigenvalue weighted by atomic mass is 9.98. The number of nitrogens with zero attached hydrogens (tertiary/aromatic N) is 1. The van der Waals surface area contributed by atoms with Crippen LogP contribution in [-0.4, -0.2) is 35.7 Å². The average Bonchev–Trinajstić information content (AvgIpc) is 2.38. The van der Waals surface area contributed by atoms with Crippen LogP contribution in [0.2, 0.25) is 0 Å². The van der Waals surface area contributed by atoms with Crippen molar-refractivity contribution in [2.75, 3.05) is 19.7 Å². The van der Waals surface area contributed by atoms with E-state index in [-0.39, 0.29) is 24.5 Å². The lowest BCUT2D eigenvalue weighted by Crippen LogP contribution is -2.42. The van der Waals surface area contributed by atoms with Gasteiger partial charge in [0, 0.05) is 18.2 Å². The summed E-state index contributed by atoms with van der Waals surface area (Å²) < 4.78 is 14.0. The fourth-order valence-electron chi connectivity index (χ4n) is 2.41. The minimum atomic E-state index is -0.232. The standard InChI is InChI=1S/C15H25FN2O/c1-3-4-9-18(10-11-19)15(12(2)17)13-7-5-6-8-14(13)16/h5-8,12,15,19H,3-4,9-11,17H2,1-2H3. The Labute approximate surface area is 115 Å². The molecule has 1 aromatic carbocycles. The highest BCUT2D eigenvalue weighted by molar-refractivity contribution is 5.22. The zero-order chi connectivity index (χ0) is 14.3. The molecule has 0 aliphatic heterocycles. The first-order chi connectivity index (χ1) is 9.11. The molecule has 0 amide bonds. The molecule has 0 bridgehead atoms. The average molecular weight is 268 g/mol. The maximum atomic E-state index is 14.0. The van der Waals surface area contributed by atoms with Crippen molar-refractivity contribution in [3.05, 3.63) is 35.6 Å². The minimum absolute atomic E-state index is 0.0569. The number of hydrogen-bond donors (Lipinski definition) is 2. The van der Waals surface area contributed by atoms with E-state index in [0.717, 1.165) is 19.4 Å². The molecule has 4 heteroatoms. The third-order valence-electron chi connectivity index (χ3n) is 3.30. The van der Waals surface area contributed by atoms with Crippen molar-refractivity contribution in [1.82, 2.24) is 4.90 Å². The van der Waals surface area contributed by atoms with Crippen LogP contribution >= 0.6 is 0 Å². The molecule has 0 aliphatic carbocycles.